The lowest BCUT2D eigenvalue weighted by molar-refractivity contribution is -0.141. The van der Waals surface area contributed by atoms with Crippen LogP contribution in [0.4, 0.5) is 0 Å². The van der Waals surface area contributed by atoms with Crippen LogP contribution < -0.4 is 16.0 Å². The van der Waals surface area contributed by atoms with Crippen molar-refractivity contribution >= 4 is 27.6 Å². The Morgan fingerprint density at radius 1 is 1.03 bits per heavy atom. The molecule has 2 rings (SSSR count). The minimum absolute atomic E-state index is 0.0232. The van der Waals surface area contributed by atoms with Crippen LogP contribution >= 0.6 is 0 Å². The molecule has 0 bridgehead atoms. The number of carboxylic acid groups (broad SMARTS) is 1. The molecule has 2 amide bonds. The van der Waals surface area contributed by atoms with Crippen LogP contribution in [0.1, 0.15) is 30.4 Å². The highest BCUT2D eigenvalue weighted by Crippen LogP contribution is 2.04. The summed E-state index contributed by atoms with van der Waals surface area (Å²) in [4.78, 5) is 42.9. The number of carboxylic acids is 1. The van der Waals surface area contributed by atoms with Gasteiger partial charge in [-0.3, -0.25) is 9.59 Å². The summed E-state index contributed by atoms with van der Waals surface area (Å²) < 4.78 is 22.7. The van der Waals surface area contributed by atoms with E-state index < -0.39 is 27.8 Å². The first-order valence-corrected chi connectivity index (χ1v) is 13.1. The Kier molecular flexibility index (Phi) is 11.5. The number of benzene rings is 1. The van der Waals surface area contributed by atoms with Gasteiger partial charge in [-0.25, -0.2) is 23.2 Å². The van der Waals surface area contributed by atoms with Gasteiger partial charge in [0, 0.05) is 31.5 Å². The zero-order chi connectivity index (χ0) is 26.4. The van der Waals surface area contributed by atoms with Crippen molar-refractivity contribution in [3.63, 3.8) is 0 Å². The van der Waals surface area contributed by atoms with Crippen molar-refractivity contribution in [2.45, 2.75) is 36.9 Å². The highest BCUT2D eigenvalue weighted by Gasteiger charge is 2.20. The molecule has 1 atom stereocenters. The fraction of sp³-hybridized carbons (Fsp3) is 0.375. The molecule has 11 nitrogen and oxygen atoms in total. The molecule has 2 aromatic rings. The monoisotopic (exact) mass is 515 g/mol. The molecule has 0 aliphatic carbocycles. The number of hydrogen-bond donors (Lipinski definition) is 4. The van der Waals surface area contributed by atoms with Gasteiger partial charge in [-0.1, -0.05) is 42.2 Å². The fourth-order valence-electron chi connectivity index (χ4n) is 2.94. The molecule has 0 radical (unpaired) electrons. The van der Waals surface area contributed by atoms with Crippen LogP contribution in [0.5, 0.6) is 0 Å². The number of nitrogens with zero attached hydrogens (tertiary/aromatic N) is 2. The second-order valence-electron chi connectivity index (χ2n) is 7.89. The third-order valence-electron chi connectivity index (χ3n) is 4.75. The first kappa shape index (κ1) is 28.4. The van der Waals surface area contributed by atoms with Crippen molar-refractivity contribution in [2.75, 3.05) is 25.9 Å². The van der Waals surface area contributed by atoms with E-state index in [1.54, 1.807) is 24.3 Å². The Balaban J connectivity index is 1.57. The summed E-state index contributed by atoms with van der Waals surface area (Å²) in [6, 6.07) is 7.86. The van der Waals surface area contributed by atoms with Crippen LogP contribution in [-0.2, 0) is 30.6 Å². The smallest absolute Gasteiger partial charge is 0.326 e. The lowest BCUT2D eigenvalue weighted by Crippen LogP contribution is -2.47. The number of aliphatic carboxylic acids is 1. The normalized spacial score (nSPS) is 11.6. The lowest BCUT2D eigenvalue weighted by Gasteiger charge is -2.15. The molecule has 0 saturated heterocycles. The maximum atomic E-state index is 12.0. The third kappa shape index (κ3) is 11.1. The van der Waals surface area contributed by atoms with E-state index in [1.807, 2.05) is 6.07 Å². The topological polar surface area (TPSA) is 167 Å². The number of hydrogen-bond acceptors (Lipinski definition) is 8. The predicted octanol–water partition coefficient (Wildman–Crippen LogP) is -0.0802. The average molecular weight is 516 g/mol. The average Bonchev–Trinajstić information content (AvgIpc) is 2.84. The molecule has 1 heterocycles. The predicted molar refractivity (Wildman–Crippen MR) is 131 cm³/mol. The van der Waals surface area contributed by atoms with E-state index in [4.69, 9.17) is 0 Å². The van der Waals surface area contributed by atoms with Gasteiger partial charge in [0.15, 0.2) is 0 Å². The summed E-state index contributed by atoms with van der Waals surface area (Å²) in [5, 5.41) is 16.9. The van der Waals surface area contributed by atoms with Crippen molar-refractivity contribution in [3.8, 4) is 11.8 Å². The van der Waals surface area contributed by atoms with Gasteiger partial charge in [0.1, 0.15) is 6.04 Å². The van der Waals surface area contributed by atoms with E-state index in [2.05, 4.69) is 37.8 Å². The van der Waals surface area contributed by atoms with Gasteiger partial charge in [-0.2, -0.15) is 0 Å². The lowest BCUT2D eigenvalue weighted by atomic mass is 10.1. The number of carbonyl (C=O) groups is 3. The number of nitrogens with one attached hydrogen (secondary N) is 3. The van der Waals surface area contributed by atoms with Crippen LogP contribution in [-0.4, -0.2) is 73.2 Å². The molecule has 0 aliphatic rings. The molecule has 4 N–H and O–H groups in total. The number of unbranched alkanes of at least 4 members (excludes halogenated alkanes) is 2. The Labute approximate surface area is 210 Å². The minimum atomic E-state index is -3.44. The van der Waals surface area contributed by atoms with Crippen LogP contribution in [0.15, 0.2) is 47.9 Å². The van der Waals surface area contributed by atoms with E-state index in [0.717, 1.165) is 24.7 Å². The SMILES string of the molecule is CS(=O)(=O)c1ncc(C#CCCCCNCC(=O)NCC(=O)N[C@@H](Cc2ccccc2)C(=O)O)cn1. The van der Waals surface area contributed by atoms with Gasteiger partial charge >= 0.3 is 5.97 Å². The largest absolute Gasteiger partial charge is 0.480 e. The van der Waals surface area contributed by atoms with Gasteiger partial charge in [0.05, 0.1) is 18.7 Å². The Morgan fingerprint density at radius 3 is 2.36 bits per heavy atom. The molecule has 0 unspecified atom stereocenters. The number of amides is 2. The molecule has 1 aromatic heterocycles. The van der Waals surface area contributed by atoms with Gasteiger partial charge in [0.25, 0.3) is 0 Å². The second kappa shape index (κ2) is 14.6. The quantitative estimate of drug-likeness (QED) is 0.162. The van der Waals surface area contributed by atoms with E-state index >= 15 is 0 Å². The van der Waals surface area contributed by atoms with Crippen LogP contribution in [0.25, 0.3) is 0 Å². The second-order valence-corrected chi connectivity index (χ2v) is 9.80. The van der Waals surface area contributed by atoms with Gasteiger partial charge in [-0.15, -0.1) is 0 Å². The first-order chi connectivity index (χ1) is 17.1. The molecule has 1 aromatic carbocycles. The number of aromatic nitrogens is 2. The number of carbonyl (C=O) groups excluding carboxylic acids is 2. The molecule has 0 spiro atoms. The summed E-state index contributed by atoms with van der Waals surface area (Å²) in [5.74, 6) is 3.71. The maximum Gasteiger partial charge on any atom is 0.326 e. The molecular weight excluding hydrogens is 486 g/mol. The number of rotatable bonds is 13. The molecule has 0 aliphatic heterocycles. The zero-order valence-corrected chi connectivity index (χ0v) is 20.7. The van der Waals surface area contributed by atoms with E-state index in [1.165, 1.54) is 12.4 Å². The third-order valence-corrected chi connectivity index (χ3v) is 5.62. The van der Waals surface area contributed by atoms with Crippen molar-refractivity contribution in [2.24, 2.45) is 0 Å². The highest BCUT2D eigenvalue weighted by molar-refractivity contribution is 7.90. The van der Waals surface area contributed by atoms with E-state index in [9.17, 15) is 27.9 Å². The molecule has 0 fully saturated rings. The fourth-order valence-corrected chi connectivity index (χ4v) is 3.43. The molecule has 36 heavy (non-hydrogen) atoms. The summed E-state index contributed by atoms with van der Waals surface area (Å²) in [5.41, 5.74) is 1.30. The summed E-state index contributed by atoms with van der Waals surface area (Å²) in [6.45, 7) is 0.282. The minimum Gasteiger partial charge on any atom is -0.480 e. The summed E-state index contributed by atoms with van der Waals surface area (Å²) in [7, 11) is -3.44. The van der Waals surface area contributed by atoms with Crippen molar-refractivity contribution in [1.29, 1.82) is 0 Å². The van der Waals surface area contributed by atoms with Crippen molar-refractivity contribution in [3.05, 3.63) is 53.9 Å². The molecular formula is C24H29N5O6S. The standard InChI is InChI=1S/C24H29N5O6S/c1-36(34,35)24-27-14-19(15-28-24)11-5-2-3-8-12-25-16-21(30)26-17-22(31)29-20(23(32)33)13-18-9-6-4-7-10-18/h4,6-7,9-10,14-15,20,25H,2-3,8,12-13,16-17H2,1H3,(H,26,30)(H,29,31)(H,32,33)/t20-/m0/s1. The van der Waals surface area contributed by atoms with E-state index in [0.29, 0.717) is 18.5 Å². The summed E-state index contributed by atoms with van der Waals surface area (Å²) in [6.07, 6.45) is 6.06. The molecule has 192 valence electrons. The van der Waals surface area contributed by atoms with Gasteiger partial charge < -0.3 is 21.1 Å². The Morgan fingerprint density at radius 2 is 1.72 bits per heavy atom. The highest BCUT2D eigenvalue weighted by atomic mass is 32.2. The van der Waals surface area contributed by atoms with Crippen molar-refractivity contribution < 1.29 is 27.9 Å². The van der Waals surface area contributed by atoms with Gasteiger partial charge in [0.2, 0.25) is 26.8 Å². The summed E-state index contributed by atoms with van der Waals surface area (Å²) >= 11 is 0. The first-order valence-electron chi connectivity index (χ1n) is 11.2. The molecule has 12 heteroatoms. The zero-order valence-electron chi connectivity index (χ0n) is 19.9. The van der Waals surface area contributed by atoms with Gasteiger partial charge in [-0.05, 0) is 24.9 Å². The van der Waals surface area contributed by atoms with E-state index in [-0.39, 0.29) is 30.6 Å². The van der Waals surface area contributed by atoms with Crippen molar-refractivity contribution in [1.82, 2.24) is 25.9 Å². The molecule has 0 saturated carbocycles. The van der Waals surface area contributed by atoms with Crippen LogP contribution in [0, 0.1) is 11.8 Å². The number of sulfone groups is 1. The van der Waals surface area contributed by atoms with Crippen LogP contribution in [0.3, 0.4) is 0 Å². The maximum absolute atomic E-state index is 12.0. The van der Waals surface area contributed by atoms with Crippen LogP contribution in [0.2, 0.25) is 0 Å². The Hall–Kier alpha value is -3.82. The Bertz CT molecular complexity index is 1190.